The van der Waals surface area contributed by atoms with Crippen molar-refractivity contribution in [3.05, 3.63) is 0 Å². The molecule has 0 amide bonds. The molecule has 5 nitrogen and oxygen atoms in total. The Balaban J connectivity index is 0.00000169. The van der Waals surface area contributed by atoms with E-state index in [2.05, 4.69) is 9.46 Å². The molecule has 3 N–H and O–H groups in total. The lowest BCUT2D eigenvalue weighted by Crippen LogP contribution is -2.50. The van der Waals surface area contributed by atoms with Crippen molar-refractivity contribution in [2.45, 2.75) is 24.9 Å². The van der Waals surface area contributed by atoms with Crippen LogP contribution in [0.3, 0.4) is 0 Å². The van der Waals surface area contributed by atoms with E-state index in [1.165, 1.54) is 7.11 Å². The summed E-state index contributed by atoms with van der Waals surface area (Å²) in [6, 6.07) is 0.201. The summed E-state index contributed by atoms with van der Waals surface area (Å²) in [6.07, 6.45) is 1.48. The normalized spacial score (nSPS) is 26.4. The summed E-state index contributed by atoms with van der Waals surface area (Å²) < 4.78 is 29.8. The molecular formula is C7H17ClN2O3S. The maximum atomic E-state index is 11.3. The van der Waals surface area contributed by atoms with Crippen molar-refractivity contribution in [3.63, 3.8) is 0 Å². The van der Waals surface area contributed by atoms with Crippen LogP contribution in [0.15, 0.2) is 0 Å². The first-order chi connectivity index (χ1) is 6.03. The molecule has 1 aliphatic carbocycles. The average Bonchev–Trinajstić information content (AvgIpc) is 1.98. The molecule has 0 bridgehead atoms. The molecule has 14 heavy (non-hydrogen) atoms. The smallest absolute Gasteiger partial charge is 0.214 e. The Morgan fingerprint density at radius 1 is 1.50 bits per heavy atom. The molecular weight excluding hydrogens is 228 g/mol. The molecule has 0 spiro atoms. The number of sulfonamides is 1. The van der Waals surface area contributed by atoms with E-state index in [-0.39, 0.29) is 36.9 Å². The number of hydrogen-bond donors (Lipinski definition) is 2. The number of rotatable bonds is 5. The number of hydrogen-bond acceptors (Lipinski definition) is 4. The molecule has 0 saturated heterocycles. The van der Waals surface area contributed by atoms with Gasteiger partial charge in [-0.25, -0.2) is 13.1 Å². The van der Waals surface area contributed by atoms with Crippen LogP contribution in [0.5, 0.6) is 0 Å². The summed E-state index contributed by atoms with van der Waals surface area (Å²) in [6.45, 7) is 0.230. The van der Waals surface area contributed by atoms with Crippen LogP contribution in [-0.2, 0) is 14.8 Å². The Morgan fingerprint density at radius 3 is 2.50 bits per heavy atom. The van der Waals surface area contributed by atoms with E-state index >= 15 is 0 Å². The van der Waals surface area contributed by atoms with E-state index in [4.69, 9.17) is 5.73 Å². The van der Waals surface area contributed by atoms with Gasteiger partial charge in [0.15, 0.2) is 0 Å². The second kappa shape index (κ2) is 5.87. The van der Waals surface area contributed by atoms with Gasteiger partial charge >= 0.3 is 0 Å². The van der Waals surface area contributed by atoms with Crippen molar-refractivity contribution in [3.8, 4) is 0 Å². The Labute approximate surface area is 90.8 Å². The number of methoxy groups -OCH3 is 1. The number of nitrogens with two attached hydrogens (primary N) is 1. The molecule has 7 heteroatoms. The van der Waals surface area contributed by atoms with Gasteiger partial charge in [0.1, 0.15) is 0 Å². The van der Waals surface area contributed by atoms with E-state index in [0.717, 1.165) is 12.8 Å². The highest BCUT2D eigenvalue weighted by Crippen LogP contribution is 2.18. The minimum absolute atomic E-state index is 0. The third-order valence-electron chi connectivity index (χ3n) is 2.08. The highest BCUT2D eigenvalue weighted by Gasteiger charge is 2.29. The first kappa shape index (κ1) is 14.1. The van der Waals surface area contributed by atoms with Gasteiger partial charge in [0.25, 0.3) is 0 Å². The summed E-state index contributed by atoms with van der Waals surface area (Å²) in [4.78, 5) is 0. The van der Waals surface area contributed by atoms with Crippen molar-refractivity contribution < 1.29 is 13.2 Å². The van der Waals surface area contributed by atoms with Gasteiger partial charge in [-0.1, -0.05) is 0 Å². The fourth-order valence-corrected chi connectivity index (χ4v) is 2.47. The predicted octanol–water partition coefficient (Wildman–Crippen LogP) is -0.536. The quantitative estimate of drug-likeness (QED) is 0.681. The van der Waals surface area contributed by atoms with Crippen LogP contribution in [0, 0.1) is 0 Å². The fourth-order valence-electron chi connectivity index (χ4n) is 1.26. The zero-order chi connectivity index (χ0) is 9.90. The van der Waals surface area contributed by atoms with Crippen LogP contribution in [-0.4, -0.2) is 40.0 Å². The Bertz CT molecular complexity index is 252. The summed E-state index contributed by atoms with van der Waals surface area (Å²) in [7, 11) is -1.68. The summed E-state index contributed by atoms with van der Waals surface area (Å²) in [5.74, 6) is 0.0231. The van der Waals surface area contributed by atoms with E-state index in [9.17, 15) is 8.42 Å². The zero-order valence-electron chi connectivity index (χ0n) is 8.10. The van der Waals surface area contributed by atoms with Crippen LogP contribution in [0.1, 0.15) is 12.8 Å². The fraction of sp³-hybridized carbons (Fsp3) is 1.00. The minimum atomic E-state index is -3.16. The standard InChI is InChI=1S/C7H16N2O3S.ClH/c1-12-2-3-13(10,11)9-7-4-6(8)5-7;/h6-7,9H,2-5,8H2,1H3;1H. The molecule has 0 unspecified atom stereocenters. The lowest BCUT2D eigenvalue weighted by atomic mass is 9.89. The van der Waals surface area contributed by atoms with Crippen LogP contribution < -0.4 is 10.5 Å². The SMILES string of the molecule is COCCS(=O)(=O)NC1CC(N)C1.Cl. The molecule has 0 heterocycles. The van der Waals surface area contributed by atoms with Crippen LogP contribution in [0.25, 0.3) is 0 Å². The second-order valence-corrected chi connectivity index (χ2v) is 5.23. The van der Waals surface area contributed by atoms with E-state index < -0.39 is 10.0 Å². The molecule has 1 aliphatic rings. The van der Waals surface area contributed by atoms with Crippen molar-refractivity contribution >= 4 is 22.4 Å². The molecule has 0 atom stereocenters. The van der Waals surface area contributed by atoms with E-state index in [0.29, 0.717) is 0 Å². The Morgan fingerprint density at radius 2 is 2.07 bits per heavy atom. The molecule has 0 aromatic heterocycles. The van der Waals surface area contributed by atoms with E-state index in [1.54, 1.807) is 0 Å². The molecule has 0 aliphatic heterocycles. The summed E-state index contributed by atoms with van der Waals surface area (Å²) >= 11 is 0. The van der Waals surface area contributed by atoms with Gasteiger partial charge in [0.05, 0.1) is 12.4 Å². The summed E-state index contributed by atoms with van der Waals surface area (Å²) in [5.41, 5.74) is 5.53. The van der Waals surface area contributed by atoms with E-state index in [1.807, 2.05) is 0 Å². The highest BCUT2D eigenvalue weighted by molar-refractivity contribution is 7.89. The molecule has 1 saturated carbocycles. The average molecular weight is 245 g/mol. The lowest BCUT2D eigenvalue weighted by molar-refractivity contribution is 0.216. The van der Waals surface area contributed by atoms with Gasteiger partial charge in [-0.3, -0.25) is 0 Å². The second-order valence-electron chi connectivity index (χ2n) is 3.36. The highest BCUT2D eigenvalue weighted by atomic mass is 35.5. The molecule has 1 rings (SSSR count). The first-order valence-electron chi connectivity index (χ1n) is 4.28. The van der Waals surface area contributed by atoms with Crippen molar-refractivity contribution in [2.24, 2.45) is 5.73 Å². The van der Waals surface area contributed by atoms with Crippen LogP contribution in [0.2, 0.25) is 0 Å². The van der Waals surface area contributed by atoms with Crippen LogP contribution in [0.4, 0.5) is 0 Å². The van der Waals surface area contributed by atoms with Crippen LogP contribution >= 0.6 is 12.4 Å². The lowest BCUT2D eigenvalue weighted by Gasteiger charge is -2.32. The van der Waals surface area contributed by atoms with Gasteiger partial charge < -0.3 is 10.5 Å². The van der Waals surface area contributed by atoms with Crippen molar-refractivity contribution in [2.75, 3.05) is 19.5 Å². The van der Waals surface area contributed by atoms with Crippen molar-refractivity contribution in [1.29, 1.82) is 0 Å². The van der Waals surface area contributed by atoms with Gasteiger partial charge in [-0.05, 0) is 12.8 Å². The molecule has 0 aromatic carbocycles. The van der Waals surface area contributed by atoms with Gasteiger partial charge in [0, 0.05) is 19.2 Å². The number of halogens is 1. The first-order valence-corrected chi connectivity index (χ1v) is 5.93. The van der Waals surface area contributed by atoms with Gasteiger partial charge in [-0.2, -0.15) is 0 Å². The zero-order valence-corrected chi connectivity index (χ0v) is 9.73. The molecule has 86 valence electrons. The topological polar surface area (TPSA) is 81.4 Å². The number of ether oxygens (including phenoxy) is 1. The maximum absolute atomic E-state index is 11.3. The van der Waals surface area contributed by atoms with Crippen molar-refractivity contribution in [1.82, 2.24) is 4.72 Å². The maximum Gasteiger partial charge on any atom is 0.214 e. The Kier molecular flexibility index (Phi) is 5.92. The van der Waals surface area contributed by atoms with Gasteiger partial charge in [-0.15, -0.1) is 12.4 Å². The van der Waals surface area contributed by atoms with Gasteiger partial charge in [0.2, 0.25) is 10.0 Å². The molecule has 0 aromatic rings. The third-order valence-corrected chi connectivity index (χ3v) is 3.47. The summed E-state index contributed by atoms with van der Waals surface area (Å²) in [5, 5.41) is 0. The monoisotopic (exact) mass is 244 g/mol. The minimum Gasteiger partial charge on any atom is -0.384 e. The third kappa shape index (κ3) is 4.56. The molecule has 0 radical (unpaired) electrons. The number of nitrogens with one attached hydrogen (secondary N) is 1. The predicted molar refractivity (Wildman–Crippen MR) is 57.0 cm³/mol. The molecule has 1 fully saturated rings. The Hall–Kier alpha value is 0.120. The largest absolute Gasteiger partial charge is 0.384 e.